The lowest BCUT2D eigenvalue weighted by Crippen LogP contribution is -2.34. The van der Waals surface area contributed by atoms with Gasteiger partial charge in [-0.05, 0) is 50.2 Å². The monoisotopic (exact) mass is 420 g/mol. The van der Waals surface area contributed by atoms with E-state index in [1.165, 1.54) is 6.07 Å². The van der Waals surface area contributed by atoms with Crippen LogP contribution in [0.25, 0.3) is 11.3 Å². The maximum Gasteiger partial charge on any atom is 0.251 e. The van der Waals surface area contributed by atoms with Crippen molar-refractivity contribution in [2.24, 2.45) is 0 Å². The van der Waals surface area contributed by atoms with Crippen LogP contribution in [-0.2, 0) is 6.42 Å². The second kappa shape index (κ2) is 8.34. The molecule has 2 aromatic carbocycles. The molecular formula is C24H25FN4O2. The number of amides is 1. The van der Waals surface area contributed by atoms with Crippen molar-refractivity contribution in [1.29, 1.82) is 0 Å². The van der Waals surface area contributed by atoms with E-state index in [1.807, 2.05) is 45.0 Å². The van der Waals surface area contributed by atoms with Gasteiger partial charge in [0.05, 0.1) is 23.6 Å². The minimum atomic E-state index is -0.353. The number of halogens is 1. The normalized spacial score (nSPS) is 14.7. The predicted molar refractivity (Wildman–Crippen MR) is 118 cm³/mol. The standard InChI is InChI=1S/C24H25FN4O2/c1-14-12-26-15(2)22(28-14)19-9-10-21(25)20-11-18(31-23(19)20)13-27-24(30)16-5-7-17(8-6-16)29(3)4/h5-10,12,18H,11,13H2,1-4H3,(H,27,30). The zero-order valence-corrected chi connectivity index (χ0v) is 18.1. The molecule has 0 radical (unpaired) electrons. The summed E-state index contributed by atoms with van der Waals surface area (Å²) < 4.78 is 20.6. The summed E-state index contributed by atoms with van der Waals surface area (Å²) in [6.07, 6.45) is 1.73. The first-order valence-corrected chi connectivity index (χ1v) is 10.2. The summed E-state index contributed by atoms with van der Waals surface area (Å²) in [6, 6.07) is 10.5. The average Bonchev–Trinajstić information content (AvgIpc) is 3.19. The van der Waals surface area contributed by atoms with Crippen molar-refractivity contribution in [2.75, 3.05) is 25.5 Å². The van der Waals surface area contributed by atoms with Gasteiger partial charge in [-0.2, -0.15) is 0 Å². The van der Waals surface area contributed by atoms with E-state index < -0.39 is 0 Å². The van der Waals surface area contributed by atoms with Gasteiger partial charge in [0.2, 0.25) is 0 Å². The Kier molecular flexibility index (Phi) is 5.59. The van der Waals surface area contributed by atoms with Gasteiger partial charge in [0, 0.05) is 49.1 Å². The molecule has 0 aliphatic carbocycles. The Morgan fingerprint density at radius 3 is 2.65 bits per heavy atom. The second-order valence-corrected chi connectivity index (χ2v) is 7.94. The number of carbonyl (C=O) groups is 1. The Labute approximate surface area is 181 Å². The summed E-state index contributed by atoms with van der Waals surface area (Å²) in [6.45, 7) is 4.01. The van der Waals surface area contributed by atoms with Crippen molar-refractivity contribution in [3.63, 3.8) is 0 Å². The first-order chi connectivity index (χ1) is 14.8. The van der Waals surface area contributed by atoms with Crippen LogP contribution in [0.1, 0.15) is 27.3 Å². The number of carbonyl (C=O) groups excluding carboxylic acids is 1. The van der Waals surface area contributed by atoms with E-state index in [9.17, 15) is 9.18 Å². The molecule has 4 rings (SSSR count). The highest BCUT2D eigenvalue weighted by Crippen LogP contribution is 2.40. The van der Waals surface area contributed by atoms with Gasteiger partial charge in [-0.1, -0.05) is 0 Å². The van der Waals surface area contributed by atoms with E-state index in [1.54, 1.807) is 24.4 Å². The number of ether oxygens (including phenoxy) is 1. The molecule has 1 aliphatic rings. The molecule has 0 saturated heterocycles. The van der Waals surface area contributed by atoms with Crippen LogP contribution in [0.3, 0.4) is 0 Å². The fourth-order valence-corrected chi connectivity index (χ4v) is 3.68. The Morgan fingerprint density at radius 2 is 1.94 bits per heavy atom. The van der Waals surface area contributed by atoms with E-state index in [2.05, 4.69) is 15.3 Å². The van der Waals surface area contributed by atoms with Gasteiger partial charge in [0.1, 0.15) is 17.7 Å². The molecule has 1 amide bonds. The maximum absolute atomic E-state index is 14.5. The molecule has 1 unspecified atom stereocenters. The van der Waals surface area contributed by atoms with Crippen LogP contribution >= 0.6 is 0 Å². The summed E-state index contributed by atoms with van der Waals surface area (Å²) in [7, 11) is 3.89. The zero-order valence-electron chi connectivity index (χ0n) is 18.1. The van der Waals surface area contributed by atoms with E-state index in [4.69, 9.17) is 4.74 Å². The van der Waals surface area contributed by atoms with Gasteiger partial charge >= 0.3 is 0 Å². The van der Waals surface area contributed by atoms with Crippen molar-refractivity contribution >= 4 is 11.6 Å². The van der Waals surface area contributed by atoms with Crippen molar-refractivity contribution in [2.45, 2.75) is 26.4 Å². The lowest BCUT2D eigenvalue weighted by molar-refractivity contribution is 0.0933. The molecule has 0 saturated carbocycles. The number of fused-ring (bicyclic) bond motifs is 1. The third-order valence-electron chi connectivity index (χ3n) is 5.39. The molecular weight excluding hydrogens is 395 g/mol. The van der Waals surface area contributed by atoms with Crippen molar-refractivity contribution < 1.29 is 13.9 Å². The van der Waals surface area contributed by atoms with Gasteiger partial charge in [0.25, 0.3) is 5.91 Å². The average molecular weight is 420 g/mol. The molecule has 0 spiro atoms. The minimum Gasteiger partial charge on any atom is -0.487 e. The number of hydrogen-bond donors (Lipinski definition) is 1. The van der Waals surface area contributed by atoms with Crippen LogP contribution in [-0.4, -0.2) is 42.6 Å². The molecule has 0 bridgehead atoms. The van der Waals surface area contributed by atoms with Crippen molar-refractivity contribution in [3.05, 3.63) is 70.9 Å². The lowest BCUT2D eigenvalue weighted by Gasteiger charge is -2.15. The fraction of sp³-hybridized carbons (Fsp3) is 0.292. The van der Waals surface area contributed by atoms with Gasteiger partial charge in [-0.3, -0.25) is 9.78 Å². The van der Waals surface area contributed by atoms with Crippen LogP contribution in [0.4, 0.5) is 10.1 Å². The third-order valence-corrected chi connectivity index (χ3v) is 5.39. The lowest BCUT2D eigenvalue weighted by atomic mass is 10.0. The molecule has 0 fully saturated rings. The molecule has 1 atom stereocenters. The van der Waals surface area contributed by atoms with Gasteiger partial charge in [-0.25, -0.2) is 9.37 Å². The Bertz CT molecular complexity index is 1130. The number of nitrogens with one attached hydrogen (secondary N) is 1. The number of aromatic nitrogens is 2. The first kappa shape index (κ1) is 20.8. The van der Waals surface area contributed by atoms with Crippen LogP contribution in [0.15, 0.2) is 42.6 Å². The van der Waals surface area contributed by atoms with Crippen LogP contribution in [0.2, 0.25) is 0 Å². The molecule has 1 aromatic heterocycles. The number of aryl methyl sites for hydroxylation is 2. The largest absolute Gasteiger partial charge is 0.487 e. The fourth-order valence-electron chi connectivity index (χ4n) is 3.68. The summed E-state index contributed by atoms with van der Waals surface area (Å²) in [5.74, 6) is -0.0198. The summed E-state index contributed by atoms with van der Waals surface area (Å²) in [5.41, 5.74) is 5.03. The summed E-state index contributed by atoms with van der Waals surface area (Å²) in [4.78, 5) is 23.4. The number of hydrogen-bond acceptors (Lipinski definition) is 5. The molecule has 6 nitrogen and oxygen atoms in total. The smallest absolute Gasteiger partial charge is 0.251 e. The molecule has 2 heterocycles. The highest BCUT2D eigenvalue weighted by Gasteiger charge is 2.30. The quantitative estimate of drug-likeness (QED) is 0.682. The third kappa shape index (κ3) is 4.21. The zero-order chi connectivity index (χ0) is 22.1. The van der Waals surface area contributed by atoms with Crippen LogP contribution < -0.4 is 15.0 Å². The number of nitrogens with zero attached hydrogens (tertiary/aromatic N) is 3. The van der Waals surface area contributed by atoms with E-state index in [0.29, 0.717) is 29.0 Å². The first-order valence-electron chi connectivity index (χ1n) is 10.2. The Hall–Kier alpha value is -3.48. The number of anilines is 1. The van der Waals surface area contributed by atoms with Crippen LogP contribution in [0, 0.1) is 19.7 Å². The van der Waals surface area contributed by atoms with Gasteiger partial charge < -0.3 is 15.0 Å². The molecule has 31 heavy (non-hydrogen) atoms. The molecule has 3 aromatic rings. The van der Waals surface area contributed by atoms with Gasteiger partial charge in [0.15, 0.2) is 0 Å². The molecule has 1 N–H and O–H groups in total. The molecule has 1 aliphatic heterocycles. The van der Waals surface area contributed by atoms with E-state index >= 15 is 0 Å². The predicted octanol–water partition coefficient (Wildman–Crippen LogP) is 3.70. The number of rotatable bonds is 5. The second-order valence-electron chi connectivity index (χ2n) is 7.94. The highest BCUT2D eigenvalue weighted by atomic mass is 19.1. The minimum absolute atomic E-state index is 0.189. The van der Waals surface area contributed by atoms with E-state index in [0.717, 1.165) is 22.6 Å². The molecule has 160 valence electrons. The Balaban J connectivity index is 1.49. The Morgan fingerprint density at radius 1 is 1.19 bits per heavy atom. The summed E-state index contributed by atoms with van der Waals surface area (Å²) >= 11 is 0. The van der Waals surface area contributed by atoms with Crippen molar-refractivity contribution in [3.8, 4) is 17.0 Å². The van der Waals surface area contributed by atoms with Gasteiger partial charge in [-0.15, -0.1) is 0 Å². The highest BCUT2D eigenvalue weighted by molar-refractivity contribution is 5.94. The van der Waals surface area contributed by atoms with E-state index in [-0.39, 0.29) is 24.4 Å². The maximum atomic E-state index is 14.5. The van der Waals surface area contributed by atoms with Crippen molar-refractivity contribution in [1.82, 2.24) is 15.3 Å². The molecule has 7 heteroatoms. The number of benzene rings is 2. The topological polar surface area (TPSA) is 67.3 Å². The van der Waals surface area contributed by atoms with Crippen LogP contribution in [0.5, 0.6) is 5.75 Å². The summed E-state index contributed by atoms with van der Waals surface area (Å²) in [5, 5.41) is 2.90. The SMILES string of the molecule is Cc1cnc(C)c(-c2ccc(F)c3c2OC(CNC(=O)c2ccc(N(C)C)cc2)C3)n1.